The first-order valence-electron chi connectivity index (χ1n) is 10.5. The zero-order chi connectivity index (χ0) is 24.6. The Kier molecular flexibility index (Phi) is 5.93. The Hall–Kier alpha value is -3.51. The lowest BCUT2D eigenvalue weighted by Crippen LogP contribution is -2.31. The van der Waals surface area contributed by atoms with Crippen molar-refractivity contribution in [2.45, 2.75) is 24.2 Å². The van der Waals surface area contributed by atoms with Gasteiger partial charge in [0.25, 0.3) is 10.0 Å². The van der Waals surface area contributed by atoms with E-state index in [-0.39, 0.29) is 10.2 Å². The second kappa shape index (κ2) is 8.93. The molecule has 0 atom stereocenters. The lowest BCUT2D eigenvalue weighted by molar-refractivity contribution is -0.137. The van der Waals surface area contributed by atoms with E-state index < -0.39 is 21.8 Å². The molecule has 0 fully saturated rings. The zero-order valence-electron chi connectivity index (χ0n) is 18.0. The molecule has 0 saturated carbocycles. The van der Waals surface area contributed by atoms with E-state index in [0.29, 0.717) is 25.3 Å². The van der Waals surface area contributed by atoms with Crippen LogP contribution in [0.3, 0.4) is 0 Å². The van der Waals surface area contributed by atoms with Crippen molar-refractivity contribution in [1.29, 1.82) is 0 Å². The largest absolute Gasteiger partial charge is 0.416 e. The smallest absolute Gasteiger partial charge is 0.352 e. The highest BCUT2D eigenvalue weighted by molar-refractivity contribution is 7.92. The molecule has 0 bridgehead atoms. The second-order valence-electron chi connectivity index (χ2n) is 7.88. The summed E-state index contributed by atoms with van der Waals surface area (Å²) in [5, 5.41) is 0.0226. The van der Waals surface area contributed by atoms with Gasteiger partial charge in [-0.2, -0.15) is 26.0 Å². The standard InChI is InChI=1S/C23H18F3N5O2S2/c24-23(25,26)17-9-7-15(8-10-17)18-4-1-3-16-13-31(12-11-19(16)18)20-5-2-6-21(29-20)35(32,33)30-22-27-14-28-34-22/h1-10,14H,11-13H2,(H,27,28,30). The van der Waals surface area contributed by atoms with Crippen molar-refractivity contribution >= 4 is 32.5 Å². The molecule has 1 N–H and O–H groups in total. The molecule has 12 heteroatoms. The van der Waals surface area contributed by atoms with Crippen LogP contribution in [-0.2, 0) is 29.2 Å². The maximum atomic E-state index is 12.9. The first-order valence-corrected chi connectivity index (χ1v) is 12.8. The number of fused-ring (bicyclic) bond motifs is 1. The fourth-order valence-corrected chi connectivity index (χ4v) is 5.65. The summed E-state index contributed by atoms with van der Waals surface area (Å²) in [5.41, 5.74) is 3.00. The van der Waals surface area contributed by atoms with Gasteiger partial charge >= 0.3 is 6.18 Å². The third-order valence-corrected chi connectivity index (χ3v) is 7.63. The number of halogens is 3. The van der Waals surface area contributed by atoms with Crippen molar-refractivity contribution < 1.29 is 21.6 Å². The second-order valence-corrected chi connectivity index (χ2v) is 10.3. The van der Waals surface area contributed by atoms with E-state index in [4.69, 9.17) is 0 Å². The van der Waals surface area contributed by atoms with Crippen LogP contribution in [0.1, 0.15) is 16.7 Å². The van der Waals surface area contributed by atoms with Gasteiger partial charge in [-0.25, -0.2) is 9.97 Å². The van der Waals surface area contributed by atoms with Crippen LogP contribution in [-0.4, -0.2) is 29.3 Å². The summed E-state index contributed by atoms with van der Waals surface area (Å²) in [6.45, 7) is 1.06. The highest BCUT2D eigenvalue weighted by Gasteiger charge is 2.30. The highest BCUT2D eigenvalue weighted by Crippen LogP contribution is 2.34. The highest BCUT2D eigenvalue weighted by atomic mass is 32.2. The van der Waals surface area contributed by atoms with E-state index in [9.17, 15) is 21.6 Å². The average molecular weight is 518 g/mol. The summed E-state index contributed by atoms with van der Waals surface area (Å²) in [6, 6.07) is 15.7. The maximum Gasteiger partial charge on any atom is 0.416 e. The van der Waals surface area contributed by atoms with Gasteiger partial charge < -0.3 is 4.90 Å². The van der Waals surface area contributed by atoms with Gasteiger partial charge in [0, 0.05) is 24.6 Å². The minimum absolute atomic E-state index is 0.130. The SMILES string of the molecule is O=S(=O)(Nc1ncns1)c1cccc(N2CCc3c(cccc3-c3ccc(C(F)(F)F)cc3)C2)n1. The van der Waals surface area contributed by atoms with Gasteiger partial charge in [0.15, 0.2) is 5.03 Å². The Labute approximate surface area is 203 Å². The Morgan fingerprint density at radius 2 is 1.77 bits per heavy atom. The van der Waals surface area contributed by atoms with E-state index in [2.05, 4.69) is 19.1 Å². The number of aromatic nitrogens is 3. The van der Waals surface area contributed by atoms with E-state index in [1.165, 1.54) is 24.5 Å². The molecule has 0 unspecified atom stereocenters. The van der Waals surface area contributed by atoms with Crippen molar-refractivity contribution in [3.63, 3.8) is 0 Å². The van der Waals surface area contributed by atoms with Gasteiger partial charge in [0.2, 0.25) is 5.13 Å². The molecule has 35 heavy (non-hydrogen) atoms. The van der Waals surface area contributed by atoms with E-state index >= 15 is 0 Å². The van der Waals surface area contributed by atoms with Crippen molar-refractivity contribution in [3.8, 4) is 11.1 Å². The summed E-state index contributed by atoms with van der Waals surface area (Å²) in [5.74, 6) is 0.510. The molecule has 3 heterocycles. The van der Waals surface area contributed by atoms with Gasteiger partial charge in [-0.3, -0.25) is 4.72 Å². The third kappa shape index (κ3) is 4.84. The van der Waals surface area contributed by atoms with Gasteiger partial charge in [0.1, 0.15) is 12.1 Å². The summed E-state index contributed by atoms with van der Waals surface area (Å²) in [6.07, 6.45) is -2.48. The predicted molar refractivity (Wildman–Crippen MR) is 127 cm³/mol. The number of nitrogens with one attached hydrogen (secondary N) is 1. The summed E-state index contributed by atoms with van der Waals surface area (Å²) >= 11 is 0.925. The normalized spacial score (nSPS) is 14.0. The summed E-state index contributed by atoms with van der Waals surface area (Å²) in [7, 11) is -3.92. The lowest BCUT2D eigenvalue weighted by atomic mass is 9.90. The maximum absolute atomic E-state index is 12.9. The molecule has 0 saturated heterocycles. The molecule has 0 aliphatic carbocycles. The van der Waals surface area contributed by atoms with E-state index in [0.717, 1.165) is 45.9 Å². The van der Waals surface area contributed by atoms with Crippen LogP contribution in [0.5, 0.6) is 0 Å². The summed E-state index contributed by atoms with van der Waals surface area (Å²) < 4.78 is 70.4. The first kappa shape index (κ1) is 23.2. The van der Waals surface area contributed by atoms with Crippen molar-refractivity contribution in [1.82, 2.24) is 14.3 Å². The molecule has 2 aromatic heterocycles. The molecule has 0 radical (unpaired) electrons. The van der Waals surface area contributed by atoms with E-state index in [1.807, 2.05) is 23.1 Å². The number of alkyl halides is 3. The number of benzene rings is 2. The van der Waals surface area contributed by atoms with Gasteiger partial charge in [-0.1, -0.05) is 36.4 Å². The first-order chi connectivity index (χ1) is 16.7. The van der Waals surface area contributed by atoms with Crippen LogP contribution in [0.4, 0.5) is 24.1 Å². The summed E-state index contributed by atoms with van der Waals surface area (Å²) in [4.78, 5) is 10.2. The van der Waals surface area contributed by atoms with Gasteiger partial charge in [-0.05, 0) is 52.9 Å². The van der Waals surface area contributed by atoms with Crippen molar-refractivity contribution in [3.05, 3.63) is 83.7 Å². The topological polar surface area (TPSA) is 88.1 Å². The Morgan fingerprint density at radius 3 is 2.49 bits per heavy atom. The molecule has 1 aliphatic heterocycles. The molecule has 0 spiro atoms. The van der Waals surface area contributed by atoms with Gasteiger partial charge in [-0.15, -0.1) is 0 Å². The van der Waals surface area contributed by atoms with Crippen LogP contribution in [0.2, 0.25) is 0 Å². The minimum Gasteiger partial charge on any atom is -0.352 e. The Balaban J connectivity index is 1.39. The molecule has 180 valence electrons. The Bertz CT molecular complexity index is 1460. The average Bonchev–Trinajstić information content (AvgIpc) is 3.35. The fourth-order valence-electron chi connectivity index (χ4n) is 4.03. The minimum atomic E-state index is -4.38. The van der Waals surface area contributed by atoms with Crippen molar-refractivity contribution in [2.24, 2.45) is 0 Å². The lowest BCUT2D eigenvalue weighted by Gasteiger charge is -2.31. The number of pyridine rings is 1. The number of nitrogens with zero attached hydrogens (tertiary/aromatic N) is 4. The molecule has 1 aliphatic rings. The third-order valence-electron chi connectivity index (χ3n) is 5.68. The molecule has 4 aromatic rings. The van der Waals surface area contributed by atoms with Gasteiger partial charge in [0.05, 0.1) is 5.56 Å². The number of rotatable bonds is 5. The molecule has 7 nitrogen and oxygen atoms in total. The van der Waals surface area contributed by atoms with Crippen molar-refractivity contribution in [2.75, 3.05) is 16.2 Å². The number of hydrogen-bond acceptors (Lipinski definition) is 7. The van der Waals surface area contributed by atoms with Crippen LogP contribution < -0.4 is 9.62 Å². The predicted octanol–water partition coefficient (Wildman–Crippen LogP) is 4.98. The van der Waals surface area contributed by atoms with E-state index in [1.54, 1.807) is 12.1 Å². The monoisotopic (exact) mass is 517 g/mol. The Morgan fingerprint density at radius 1 is 1.00 bits per heavy atom. The van der Waals surface area contributed by atoms with Crippen LogP contribution in [0.15, 0.2) is 72.0 Å². The molecule has 5 rings (SSSR count). The number of anilines is 2. The zero-order valence-corrected chi connectivity index (χ0v) is 19.7. The number of hydrogen-bond donors (Lipinski definition) is 1. The molecular formula is C23H18F3N5O2S2. The molecule has 0 amide bonds. The van der Waals surface area contributed by atoms with Crippen LogP contribution in [0.25, 0.3) is 11.1 Å². The molecular weight excluding hydrogens is 499 g/mol. The quantitative estimate of drug-likeness (QED) is 0.402. The van der Waals surface area contributed by atoms with Crippen LogP contribution in [0, 0.1) is 0 Å². The number of sulfonamides is 1. The fraction of sp³-hybridized carbons (Fsp3) is 0.174. The molecule has 2 aromatic carbocycles. The van der Waals surface area contributed by atoms with Crippen LogP contribution >= 0.6 is 11.5 Å².